The summed E-state index contributed by atoms with van der Waals surface area (Å²) in [6, 6.07) is 10.8. The number of carbonyl (C=O) groups excluding carboxylic acids is 3. The van der Waals surface area contributed by atoms with Gasteiger partial charge in [0.2, 0.25) is 5.91 Å². The average molecular weight is 445 g/mol. The molecule has 0 spiro atoms. The smallest absolute Gasteiger partial charge is 0.325 e. The molecule has 6 nitrogen and oxygen atoms in total. The van der Waals surface area contributed by atoms with Crippen molar-refractivity contribution in [2.75, 3.05) is 5.32 Å². The van der Waals surface area contributed by atoms with Crippen molar-refractivity contribution in [2.45, 2.75) is 49.7 Å². The highest BCUT2D eigenvalue weighted by atomic mass is 19.4. The summed E-state index contributed by atoms with van der Waals surface area (Å²) in [5, 5.41) is 7.58. The molecular formula is C23H22F3N3O3. The first kappa shape index (κ1) is 21.9. The second-order valence-corrected chi connectivity index (χ2v) is 8.44. The first-order valence-electron chi connectivity index (χ1n) is 10.3. The van der Waals surface area contributed by atoms with Gasteiger partial charge in [-0.1, -0.05) is 43.2 Å². The minimum absolute atomic E-state index is 0.341. The zero-order valence-electron chi connectivity index (χ0n) is 17.3. The molecule has 2 fully saturated rings. The van der Waals surface area contributed by atoms with Crippen LogP contribution >= 0.6 is 0 Å². The van der Waals surface area contributed by atoms with E-state index in [9.17, 15) is 27.6 Å². The molecule has 1 saturated heterocycles. The number of alkyl halides is 3. The van der Waals surface area contributed by atoms with Crippen molar-refractivity contribution in [1.82, 2.24) is 10.6 Å². The van der Waals surface area contributed by atoms with Crippen molar-refractivity contribution in [3.05, 3.63) is 65.2 Å². The summed E-state index contributed by atoms with van der Waals surface area (Å²) in [6.45, 7) is 1.55. The van der Waals surface area contributed by atoms with Gasteiger partial charge in [0, 0.05) is 5.69 Å². The van der Waals surface area contributed by atoms with Crippen LogP contribution in [-0.4, -0.2) is 17.8 Å². The fourth-order valence-electron chi connectivity index (χ4n) is 4.52. The van der Waals surface area contributed by atoms with Crippen LogP contribution in [-0.2, 0) is 26.7 Å². The lowest BCUT2D eigenvalue weighted by molar-refractivity contribution is -0.137. The molecule has 168 valence electrons. The third-order valence-electron chi connectivity index (χ3n) is 6.38. The zero-order valence-corrected chi connectivity index (χ0v) is 17.3. The summed E-state index contributed by atoms with van der Waals surface area (Å²) >= 11 is 0. The number of amides is 4. The van der Waals surface area contributed by atoms with E-state index in [-0.39, 0.29) is 0 Å². The summed E-state index contributed by atoms with van der Waals surface area (Å²) < 4.78 is 39.8. The Morgan fingerprint density at radius 3 is 2.28 bits per heavy atom. The predicted molar refractivity (Wildman–Crippen MR) is 111 cm³/mol. The van der Waals surface area contributed by atoms with E-state index in [4.69, 9.17) is 0 Å². The van der Waals surface area contributed by atoms with Gasteiger partial charge in [-0.3, -0.25) is 14.9 Å². The topological polar surface area (TPSA) is 87.3 Å². The molecule has 2 aliphatic rings. The number of benzene rings is 2. The van der Waals surface area contributed by atoms with Crippen molar-refractivity contribution < 1.29 is 27.6 Å². The minimum Gasteiger partial charge on any atom is -0.325 e. The average Bonchev–Trinajstić information content (AvgIpc) is 3.34. The van der Waals surface area contributed by atoms with Gasteiger partial charge in [-0.25, -0.2) is 4.79 Å². The monoisotopic (exact) mass is 445 g/mol. The Balaban J connectivity index is 1.64. The fraction of sp³-hybridized carbons (Fsp3) is 0.348. The Labute approximate surface area is 182 Å². The molecule has 1 aliphatic carbocycles. The van der Waals surface area contributed by atoms with Crippen molar-refractivity contribution in [2.24, 2.45) is 0 Å². The lowest BCUT2D eigenvalue weighted by Crippen LogP contribution is -2.41. The molecule has 1 unspecified atom stereocenters. The normalized spacial score (nSPS) is 22.4. The van der Waals surface area contributed by atoms with Crippen molar-refractivity contribution >= 4 is 23.5 Å². The standard InChI is InChI=1S/C23H22F3N3O3/c1-21(18(30)28-20(32)29-21)14-6-5-9-17(13-14)27-19(31)22(10-2-3-11-22)15-7-4-8-16(12-15)23(24,25)26/h4-9,12-13H,2-3,10-11H2,1H3,(H,27,31)(H2,28,29,30,32). The predicted octanol–water partition coefficient (Wildman–Crippen LogP) is 4.21. The summed E-state index contributed by atoms with van der Waals surface area (Å²) in [6.07, 6.45) is -2.16. The van der Waals surface area contributed by atoms with Crippen molar-refractivity contribution in [3.8, 4) is 0 Å². The molecule has 1 saturated carbocycles. The lowest BCUT2D eigenvalue weighted by atomic mass is 9.77. The molecule has 0 bridgehead atoms. The van der Waals surface area contributed by atoms with Crippen LogP contribution in [0.25, 0.3) is 0 Å². The van der Waals surface area contributed by atoms with Crippen LogP contribution in [0.4, 0.5) is 23.7 Å². The molecule has 0 aromatic heterocycles. The van der Waals surface area contributed by atoms with Crippen molar-refractivity contribution in [3.63, 3.8) is 0 Å². The van der Waals surface area contributed by atoms with Crippen LogP contribution < -0.4 is 16.0 Å². The summed E-state index contributed by atoms with van der Waals surface area (Å²) in [7, 11) is 0. The molecule has 4 rings (SSSR count). The summed E-state index contributed by atoms with van der Waals surface area (Å²) in [5.74, 6) is -0.904. The van der Waals surface area contributed by atoms with E-state index in [1.54, 1.807) is 37.3 Å². The molecule has 3 N–H and O–H groups in total. The van der Waals surface area contributed by atoms with Gasteiger partial charge in [-0.15, -0.1) is 0 Å². The Kier molecular flexibility index (Phi) is 5.22. The van der Waals surface area contributed by atoms with E-state index in [0.29, 0.717) is 29.7 Å². The van der Waals surface area contributed by atoms with Crippen LogP contribution in [0.15, 0.2) is 48.5 Å². The molecule has 1 aliphatic heterocycles. The quantitative estimate of drug-likeness (QED) is 0.616. The first-order valence-corrected chi connectivity index (χ1v) is 10.3. The Morgan fingerprint density at radius 1 is 1.00 bits per heavy atom. The molecule has 2 aromatic carbocycles. The Bertz CT molecular complexity index is 1090. The van der Waals surface area contributed by atoms with Crippen LogP contribution in [0, 0.1) is 0 Å². The number of hydrogen-bond acceptors (Lipinski definition) is 3. The number of halogens is 3. The number of urea groups is 1. The van der Waals surface area contributed by atoms with Crippen LogP contribution in [0.3, 0.4) is 0 Å². The summed E-state index contributed by atoms with van der Waals surface area (Å²) in [5.41, 5.74) is -1.94. The Hall–Kier alpha value is -3.36. The van der Waals surface area contributed by atoms with E-state index in [0.717, 1.165) is 25.0 Å². The van der Waals surface area contributed by atoms with Crippen molar-refractivity contribution in [1.29, 1.82) is 0 Å². The Morgan fingerprint density at radius 2 is 1.66 bits per heavy atom. The number of nitrogens with one attached hydrogen (secondary N) is 3. The lowest BCUT2D eigenvalue weighted by Gasteiger charge is -2.29. The maximum Gasteiger partial charge on any atom is 0.416 e. The van der Waals surface area contributed by atoms with Gasteiger partial charge < -0.3 is 10.6 Å². The SMILES string of the molecule is CC1(c2cccc(NC(=O)C3(c4cccc(C(F)(F)F)c4)CCCC3)c2)NC(=O)NC1=O. The number of rotatable bonds is 4. The maximum absolute atomic E-state index is 13.4. The van der Waals surface area contributed by atoms with Gasteiger partial charge in [0.25, 0.3) is 5.91 Å². The highest BCUT2D eigenvalue weighted by molar-refractivity contribution is 6.07. The molecule has 0 radical (unpaired) electrons. The summed E-state index contributed by atoms with van der Waals surface area (Å²) in [4.78, 5) is 37.2. The number of imide groups is 1. The zero-order chi connectivity index (χ0) is 23.1. The van der Waals surface area contributed by atoms with Crippen LogP contribution in [0.2, 0.25) is 0 Å². The maximum atomic E-state index is 13.4. The number of anilines is 1. The number of hydrogen-bond donors (Lipinski definition) is 3. The molecule has 9 heteroatoms. The van der Waals surface area contributed by atoms with Crippen LogP contribution in [0.1, 0.15) is 49.3 Å². The van der Waals surface area contributed by atoms with E-state index >= 15 is 0 Å². The van der Waals surface area contributed by atoms with E-state index < -0.39 is 40.5 Å². The second-order valence-electron chi connectivity index (χ2n) is 8.44. The van der Waals surface area contributed by atoms with Crippen LogP contribution in [0.5, 0.6) is 0 Å². The van der Waals surface area contributed by atoms with Gasteiger partial charge in [0.05, 0.1) is 11.0 Å². The highest BCUT2D eigenvalue weighted by Crippen LogP contribution is 2.43. The first-order chi connectivity index (χ1) is 15.0. The fourth-order valence-corrected chi connectivity index (χ4v) is 4.52. The molecule has 32 heavy (non-hydrogen) atoms. The molecule has 4 amide bonds. The third-order valence-corrected chi connectivity index (χ3v) is 6.38. The van der Waals surface area contributed by atoms with Gasteiger partial charge in [0.1, 0.15) is 5.54 Å². The van der Waals surface area contributed by atoms with E-state index in [2.05, 4.69) is 16.0 Å². The largest absolute Gasteiger partial charge is 0.416 e. The van der Waals surface area contributed by atoms with Gasteiger partial charge in [0.15, 0.2) is 0 Å². The van der Waals surface area contributed by atoms with Gasteiger partial charge >= 0.3 is 12.2 Å². The molecule has 1 heterocycles. The van der Waals surface area contributed by atoms with E-state index in [1.807, 2.05) is 0 Å². The molecular weight excluding hydrogens is 423 g/mol. The number of carbonyl (C=O) groups is 3. The minimum atomic E-state index is -4.50. The molecule has 1 atom stereocenters. The van der Waals surface area contributed by atoms with E-state index in [1.165, 1.54) is 6.07 Å². The second kappa shape index (κ2) is 7.65. The van der Waals surface area contributed by atoms with Gasteiger partial charge in [-0.2, -0.15) is 13.2 Å². The van der Waals surface area contributed by atoms with Gasteiger partial charge in [-0.05, 0) is 49.1 Å². The third kappa shape index (κ3) is 3.72. The highest BCUT2D eigenvalue weighted by Gasteiger charge is 2.45. The molecule has 2 aromatic rings.